The molecule has 0 fully saturated rings. The van der Waals surface area contributed by atoms with Crippen LogP contribution >= 0.6 is 35.2 Å². The van der Waals surface area contributed by atoms with Crippen LogP contribution in [0.25, 0.3) is 10.1 Å². The van der Waals surface area contributed by atoms with Crippen molar-refractivity contribution >= 4 is 62.2 Å². The molecule has 0 radical (unpaired) electrons. The summed E-state index contributed by atoms with van der Waals surface area (Å²) < 4.78 is 5.98. The second-order valence-electron chi connectivity index (χ2n) is 4.64. The van der Waals surface area contributed by atoms with Gasteiger partial charge in [0.05, 0.1) is 18.1 Å². The molecular weight excluding hydrogens is 370 g/mol. The molecule has 1 heterocycles. The lowest BCUT2D eigenvalue weighted by Gasteiger charge is -2.10. The number of halogens is 1. The van der Waals surface area contributed by atoms with Crippen molar-refractivity contribution in [2.45, 2.75) is 13.3 Å². The number of carbonyl (C=O) groups excluding carboxylic acids is 2. The summed E-state index contributed by atoms with van der Waals surface area (Å²) in [5.74, 6) is -0.720. The molecule has 6 nitrogen and oxygen atoms in total. The van der Waals surface area contributed by atoms with E-state index in [0.29, 0.717) is 23.1 Å². The predicted molar refractivity (Wildman–Crippen MR) is 99.3 cm³/mol. The molecule has 0 unspecified atom stereocenters. The number of thiocarbonyl (C=S) groups is 1. The molecule has 0 spiro atoms. The van der Waals surface area contributed by atoms with Crippen LogP contribution < -0.4 is 16.2 Å². The lowest BCUT2D eigenvalue weighted by atomic mass is 10.2. The van der Waals surface area contributed by atoms with Gasteiger partial charge < -0.3 is 4.74 Å². The molecule has 0 bridgehead atoms. The van der Waals surface area contributed by atoms with Gasteiger partial charge in [-0.25, -0.2) is 0 Å². The topological polar surface area (TPSA) is 79.5 Å². The van der Waals surface area contributed by atoms with Crippen molar-refractivity contribution in [1.82, 2.24) is 16.2 Å². The van der Waals surface area contributed by atoms with Gasteiger partial charge in [-0.2, -0.15) is 0 Å². The number of amides is 2. The number of rotatable bonds is 5. The minimum atomic E-state index is -0.428. The smallest absolute Gasteiger partial charge is 0.269 e. The Morgan fingerprint density at radius 1 is 1.29 bits per heavy atom. The average Bonchev–Trinajstić information content (AvgIpc) is 2.91. The highest BCUT2D eigenvalue weighted by molar-refractivity contribution is 7.80. The van der Waals surface area contributed by atoms with Gasteiger partial charge in [0.25, 0.3) is 5.91 Å². The third kappa shape index (κ3) is 4.88. The van der Waals surface area contributed by atoms with Gasteiger partial charge in [0.2, 0.25) is 5.91 Å². The van der Waals surface area contributed by atoms with Gasteiger partial charge in [0.15, 0.2) is 5.11 Å². The molecule has 2 aromatic rings. The second-order valence-corrected chi connectivity index (χ2v) is 6.48. The Kier molecular flexibility index (Phi) is 6.92. The van der Waals surface area contributed by atoms with Crippen LogP contribution in [0.5, 0.6) is 0 Å². The fraction of sp³-hybridized carbons (Fsp3) is 0.267. The normalized spacial score (nSPS) is 10.4. The van der Waals surface area contributed by atoms with E-state index in [9.17, 15) is 9.59 Å². The Balaban J connectivity index is 1.88. The summed E-state index contributed by atoms with van der Waals surface area (Å²) >= 11 is 12.5. The average molecular weight is 386 g/mol. The molecular formula is C15H16ClN3O3S2. The van der Waals surface area contributed by atoms with E-state index in [2.05, 4.69) is 16.2 Å². The first-order valence-corrected chi connectivity index (χ1v) is 8.78. The molecule has 128 valence electrons. The highest BCUT2D eigenvalue weighted by Crippen LogP contribution is 2.34. The first-order valence-electron chi connectivity index (χ1n) is 7.17. The SMILES string of the molecule is CCOCCC(=O)NNC(=S)NC(=O)c1sc2ccccc2c1Cl. The number of hydrogen-bond acceptors (Lipinski definition) is 5. The van der Waals surface area contributed by atoms with Gasteiger partial charge in [-0.1, -0.05) is 29.8 Å². The van der Waals surface area contributed by atoms with Gasteiger partial charge in [0.1, 0.15) is 4.88 Å². The zero-order valence-electron chi connectivity index (χ0n) is 12.8. The number of carbonyl (C=O) groups is 2. The standard InChI is InChI=1S/C15H16ClN3O3S2/c1-2-22-8-7-11(20)18-19-15(23)17-14(21)13-12(16)9-5-3-4-6-10(9)24-13/h3-6H,2,7-8H2,1H3,(H,18,20)(H2,17,19,21,23). The molecule has 9 heteroatoms. The van der Waals surface area contributed by atoms with Crippen molar-refractivity contribution in [3.63, 3.8) is 0 Å². The predicted octanol–water partition coefficient (Wildman–Crippen LogP) is 2.62. The van der Waals surface area contributed by atoms with Crippen molar-refractivity contribution in [2.24, 2.45) is 0 Å². The van der Waals surface area contributed by atoms with Crippen LogP contribution in [-0.2, 0) is 9.53 Å². The summed E-state index contributed by atoms with van der Waals surface area (Å²) in [6.07, 6.45) is 0.194. The first-order chi connectivity index (χ1) is 11.5. The maximum absolute atomic E-state index is 12.3. The molecule has 0 saturated heterocycles. The Morgan fingerprint density at radius 3 is 2.75 bits per heavy atom. The highest BCUT2D eigenvalue weighted by Gasteiger charge is 2.17. The van der Waals surface area contributed by atoms with Crippen molar-refractivity contribution in [1.29, 1.82) is 0 Å². The van der Waals surface area contributed by atoms with Crippen LogP contribution in [-0.4, -0.2) is 30.1 Å². The fourth-order valence-electron chi connectivity index (χ4n) is 1.85. The molecule has 0 saturated carbocycles. The van der Waals surface area contributed by atoms with Crippen LogP contribution in [0.1, 0.15) is 23.0 Å². The van der Waals surface area contributed by atoms with E-state index in [4.69, 9.17) is 28.6 Å². The van der Waals surface area contributed by atoms with E-state index in [1.165, 1.54) is 11.3 Å². The number of fused-ring (bicyclic) bond motifs is 1. The van der Waals surface area contributed by atoms with E-state index in [-0.39, 0.29) is 17.4 Å². The Labute approximate surface area is 153 Å². The lowest BCUT2D eigenvalue weighted by Crippen LogP contribution is -2.48. The number of thiophene rings is 1. The summed E-state index contributed by atoms with van der Waals surface area (Å²) in [7, 11) is 0. The number of hydrogen-bond donors (Lipinski definition) is 3. The minimum absolute atomic E-state index is 0.0155. The molecule has 1 aromatic heterocycles. The van der Waals surface area contributed by atoms with Gasteiger partial charge in [-0.15, -0.1) is 11.3 Å². The van der Waals surface area contributed by atoms with Crippen molar-refractivity contribution in [3.05, 3.63) is 34.2 Å². The number of ether oxygens (including phenoxy) is 1. The maximum atomic E-state index is 12.3. The van der Waals surface area contributed by atoms with E-state index < -0.39 is 5.91 Å². The summed E-state index contributed by atoms with van der Waals surface area (Å²) in [5, 5.41) is 3.67. The molecule has 3 N–H and O–H groups in total. The molecule has 0 aliphatic heterocycles. The Morgan fingerprint density at radius 2 is 2.04 bits per heavy atom. The van der Waals surface area contributed by atoms with Gasteiger partial charge >= 0.3 is 0 Å². The molecule has 24 heavy (non-hydrogen) atoms. The first kappa shape index (κ1) is 18.6. The van der Waals surface area contributed by atoms with Crippen LogP contribution in [0.2, 0.25) is 5.02 Å². The van der Waals surface area contributed by atoms with Gasteiger partial charge in [-0.3, -0.25) is 25.8 Å². The molecule has 0 aliphatic rings. The summed E-state index contributed by atoms with van der Waals surface area (Å²) in [4.78, 5) is 24.1. The number of nitrogens with one attached hydrogen (secondary N) is 3. The summed E-state index contributed by atoms with van der Waals surface area (Å²) in [6.45, 7) is 2.71. The van der Waals surface area contributed by atoms with E-state index >= 15 is 0 Å². The van der Waals surface area contributed by atoms with Gasteiger partial charge in [-0.05, 0) is 25.2 Å². The quantitative estimate of drug-likeness (QED) is 0.419. The Bertz CT molecular complexity index is 764. The molecule has 2 amide bonds. The van der Waals surface area contributed by atoms with Crippen LogP contribution in [0.15, 0.2) is 24.3 Å². The number of benzene rings is 1. The van der Waals surface area contributed by atoms with Crippen LogP contribution in [0, 0.1) is 0 Å². The second kappa shape index (κ2) is 8.93. The zero-order valence-corrected chi connectivity index (χ0v) is 15.2. The van der Waals surface area contributed by atoms with Crippen LogP contribution in [0.3, 0.4) is 0 Å². The molecule has 1 aromatic carbocycles. The Hall–Kier alpha value is -1.74. The molecule has 0 aliphatic carbocycles. The van der Waals surface area contributed by atoms with Gasteiger partial charge in [0, 0.05) is 16.7 Å². The summed E-state index contributed by atoms with van der Waals surface area (Å²) in [6, 6.07) is 7.46. The van der Waals surface area contributed by atoms with E-state index in [1.54, 1.807) is 0 Å². The third-order valence-electron chi connectivity index (χ3n) is 2.96. The lowest BCUT2D eigenvalue weighted by molar-refractivity contribution is -0.122. The largest absolute Gasteiger partial charge is 0.381 e. The van der Waals surface area contributed by atoms with E-state index in [0.717, 1.165) is 10.1 Å². The molecule has 0 atom stereocenters. The monoisotopic (exact) mass is 385 g/mol. The highest BCUT2D eigenvalue weighted by atomic mass is 35.5. The van der Waals surface area contributed by atoms with Crippen molar-refractivity contribution < 1.29 is 14.3 Å². The maximum Gasteiger partial charge on any atom is 0.269 e. The minimum Gasteiger partial charge on any atom is -0.381 e. The fourth-order valence-corrected chi connectivity index (χ4v) is 3.41. The molecule has 2 rings (SSSR count). The van der Waals surface area contributed by atoms with Crippen molar-refractivity contribution in [2.75, 3.05) is 13.2 Å². The third-order valence-corrected chi connectivity index (χ3v) is 4.84. The summed E-state index contributed by atoms with van der Waals surface area (Å²) in [5.41, 5.74) is 4.85. The zero-order chi connectivity index (χ0) is 17.5. The van der Waals surface area contributed by atoms with E-state index in [1.807, 2.05) is 31.2 Å². The number of hydrazine groups is 1. The van der Waals surface area contributed by atoms with Crippen molar-refractivity contribution in [3.8, 4) is 0 Å². The van der Waals surface area contributed by atoms with Crippen LogP contribution in [0.4, 0.5) is 0 Å².